The summed E-state index contributed by atoms with van der Waals surface area (Å²) >= 11 is 0. The molecular weight excluding hydrogens is 226 g/mol. The lowest BCUT2D eigenvalue weighted by Crippen LogP contribution is -2.44. The molecule has 1 rings (SSSR count). The summed E-state index contributed by atoms with van der Waals surface area (Å²) in [6.45, 7) is 10.9. The standard InChI is InChI=1S/C13H31N5/c1-15-6-8-16(2)10-12-18(5-4-14)13-11-17(3)9-7-15/h4-14H2,1-3H3. The lowest BCUT2D eigenvalue weighted by molar-refractivity contribution is 0.168. The molecule has 0 aromatic carbocycles. The Morgan fingerprint density at radius 2 is 1.00 bits per heavy atom. The van der Waals surface area contributed by atoms with Crippen LogP contribution in [0.5, 0.6) is 0 Å². The molecule has 1 heterocycles. The Morgan fingerprint density at radius 3 is 1.33 bits per heavy atom. The minimum atomic E-state index is 0.760. The number of likely N-dealkylation sites (N-methyl/N-ethyl adjacent to an activating group) is 3. The second-order valence-corrected chi connectivity index (χ2v) is 5.54. The van der Waals surface area contributed by atoms with Crippen LogP contribution in [0.4, 0.5) is 0 Å². The molecule has 0 saturated carbocycles. The van der Waals surface area contributed by atoms with Crippen molar-refractivity contribution in [2.75, 3.05) is 86.6 Å². The molecule has 108 valence electrons. The Bertz CT molecular complexity index is 194. The molecule has 1 aliphatic heterocycles. The fourth-order valence-electron chi connectivity index (χ4n) is 2.16. The second-order valence-electron chi connectivity index (χ2n) is 5.54. The van der Waals surface area contributed by atoms with Gasteiger partial charge in [-0.15, -0.1) is 0 Å². The first-order valence-corrected chi connectivity index (χ1v) is 7.10. The van der Waals surface area contributed by atoms with Crippen LogP contribution in [-0.4, -0.2) is 106 Å². The van der Waals surface area contributed by atoms with E-state index in [0.717, 1.165) is 65.4 Å². The van der Waals surface area contributed by atoms with Gasteiger partial charge in [0.25, 0.3) is 0 Å². The third-order valence-electron chi connectivity index (χ3n) is 3.77. The van der Waals surface area contributed by atoms with Gasteiger partial charge in [0.15, 0.2) is 0 Å². The summed E-state index contributed by atoms with van der Waals surface area (Å²) in [5, 5.41) is 0. The summed E-state index contributed by atoms with van der Waals surface area (Å²) in [4.78, 5) is 9.75. The van der Waals surface area contributed by atoms with Crippen LogP contribution in [0.25, 0.3) is 0 Å². The van der Waals surface area contributed by atoms with E-state index in [2.05, 4.69) is 40.7 Å². The molecule has 1 saturated heterocycles. The van der Waals surface area contributed by atoms with Gasteiger partial charge >= 0.3 is 0 Å². The zero-order valence-electron chi connectivity index (χ0n) is 12.4. The maximum atomic E-state index is 5.69. The highest BCUT2D eigenvalue weighted by molar-refractivity contribution is 4.67. The first-order chi connectivity index (χ1) is 8.61. The molecule has 0 radical (unpaired) electrons. The first-order valence-electron chi connectivity index (χ1n) is 7.10. The maximum Gasteiger partial charge on any atom is 0.0110 e. The van der Waals surface area contributed by atoms with E-state index in [1.165, 1.54) is 0 Å². The zero-order chi connectivity index (χ0) is 13.4. The Balaban J connectivity index is 2.45. The topological polar surface area (TPSA) is 39.0 Å². The van der Waals surface area contributed by atoms with Crippen molar-refractivity contribution in [1.82, 2.24) is 19.6 Å². The maximum absolute atomic E-state index is 5.69. The Kier molecular flexibility index (Phi) is 7.77. The lowest BCUT2D eigenvalue weighted by Gasteiger charge is -2.30. The van der Waals surface area contributed by atoms with Crippen LogP contribution >= 0.6 is 0 Å². The third kappa shape index (κ3) is 6.66. The molecule has 0 aromatic rings. The van der Waals surface area contributed by atoms with Gasteiger partial charge in [-0.3, -0.25) is 4.90 Å². The van der Waals surface area contributed by atoms with Crippen molar-refractivity contribution in [1.29, 1.82) is 0 Å². The number of nitrogens with two attached hydrogens (primary N) is 1. The predicted octanol–water partition coefficient (Wildman–Crippen LogP) is -0.944. The van der Waals surface area contributed by atoms with E-state index in [9.17, 15) is 0 Å². The van der Waals surface area contributed by atoms with E-state index in [-0.39, 0.29) is 0 Å². The van der Waals surface area contributed by atoms with E-state index < -0.39 is 0 Å². The number of hydrogen-bond donors (Lipinski definition) is 1. The lowest BCUT2D eigenvalue weighted by atomic mass is 10.3. The van der Waals surface area contributed by atoms with Gasteiger partial charge in [-0.2, -0.15) is 0 Å². The monoisotopic (exact) mass is 257 g/mol. The summed E-state index contributed by atoms with van der Waals surface area (Å²) in [5.41, 5.74) is 5.69. The highest BCUT2D eigenvalue weighted by Gasteiger charge is 2.10. The van der Waals surface area contributed by atoms with E-state index >= 15 is 0 Å². The normalized spacial score (nSPS) is 24.7. The van der Waals surface area contributed by atoms with E-state index in [4.69, 9.17) is 5.73 Å². The van der Waals surface area contributed by atoms with Crippen LogP contribution in [0.2, 0.25) is 0 Å². The summed E-state index contributed by atoms with van der Waals surface area (Å²) in [6.07, 6.45) is 0. The summed E-state index contributed by atoms with van der Waals surface area (Å²) in [7, 11) is 6.65. The molecule has 0 amide bonds. The van der Waals surface area contributed by atoms with Crippen molar-refractivity contribution in [3.63, 3.8) is 0 Å². The summed E-state index contributed by atoms with van der Waals surface area (Å²) < 4.78 is 0. The highest BCUT2D eigenvalue weighted by Crippen LogP contribution is 1.95. The van der Waals surface area contributed by atoms with Crippen molar-refractivity contribution in [3.05, 3.63) is 0 Å². The van der Waals surface area contributed by atoms with Crippen LogP contribution in [0, 0.1) is 0 Å². The average molecular weight is 257 g/mol. The van der Waals surface area contributed by atoms with E-state index in [1.807, 2.05) is 0 Å². The van der Waals surface area contributed by atoms with Crippen molar-refractivity contribution < 1.29 is 0 Å². The second kappa shape index (κ2) is 8.82. The Labute approximate surface area is 112 Å². The molecule has 0 aromatic heterocycles. The van der Waals surface area contributed by atoms with Gasteiger partial charge in [-0.1, -0.05) is 0 Å². The van der Waals surface area contributed by atoms with E-state index in [1.54, 1.807) is 0 Å². The smallest absolute Gasteiger partial charge is 0.0110 e. The van der Waals surface area contributed by atoms with Gasteiger partial charge in [0, 0.05) is 65.4 Å². The molecule has 0 bridgehead atoms. The van der Waals surface area contributed by atoms with Crippen LogP contribution < -0.4 is 5.73 Å². The summed E-state index contributed by atoms with van der Waals surface area (Å²) in [5.74, 6) is 0. The Hall–Kier alpha value is -0.200. The third-order valence-corrected chi connectivity index (χ3v) is 3.77. The molecule has 1 fully saturated rings. The van der Waals surface area contributed by atoms with Gasteiger partial charge in [0.2, 0.25) is 0 Å². The molecular formula is C13H31N5. The van der Waals surface area contributed by atoms with E-state index in [0.29, 0.717) is 0 Å². The van der Waals surface area contributed by atoms with Crippen LogP contribution in [0.3, 0.4) is 0 Å². The number of nitrogens with zero attached hydrogens (tertiary/aromatic N) is 4. The van der Waals surface area contributed by atoms with Gasteiger partial charge in [-0.25, -0.2) is 0 Å². The molecule has 0 spiro atoms. The first kappa shape index (κ1) is 15.9. The Morgan fingerprint density at radius 1 is 0.667 bits per heavy atom. The van der Waals surface area contributed by atoms with Crippen molar-refractivity contribution >= 4 is 0 Å². The molecule has 0 unspecified atom stereocenters. The quantitative estimate of drug-likeness (QED) is 0.691. The zero-order valence-corrected chi connectivity index (χ0v) is 12.4. The van der Waals surface area contributed by atoms with Gasteiger partial charge < -0.3 is 20.4 Å². The molecule has 0 atom stereocenters. The fraction of sp³-hybridized carbons (Fsp3) is 1.00. The van der Waals surface area contributed by atoms with Crippen molar-refractivity contribution in [2.24, 2.45) is 5.73 Å². The van der Waals surface area contributed by atoms with Crippen LogP contribution in [0.1, 0.15) is 0 Å². The fourth-order valence-corrected chi connectivity index (χ4v) is 2.16. The summed E-state index contributed by atoms with van der Waals surface area (Å²) in [6, 6.07) is 0. The molecule has 2 N–H and O–H groups in total. The molecule has 0 aliphatic carbocycles. The van der Waals surface area contributed by atoms with Crippen LogP contribution in [0.15, 0.2) is 0 Å². The molecule has 5 nitrogen and oxygen atoms in total. The molecule has 5 heteroatoms. The minimum Gasteiger partial charge on any atom is -0.329 e. The average Bonchev–Trinajstić information content (AvgIpc) is 2.35. The molecule has 1 aliphatic rings. The van der Waals surface area contributed by atoms with Crippen molar-refractivity contribution in [2.45, 2.75) is 0 Å². The number of hydrogen-bond acceptors (Lipinski definition) is 5. The van der Waals surface area contributed by atoms with Gasteiger partial charge in [0.1, 0.15) is 0 Å². The minimum absolute atomic E-state index is 0.760. The van der Waals surface area contributed by atoms with Crippen molar-refractivity contribution in [3.8, 4) is 0 Å². The molecule has 18 heavy (non-hydrogen) atoms. The highest BCUT2D eigenvalue weighted by atomic mass is 15.2. The van der Waals surface area contributed by atoms with Crippen LogP contribution in [-0.2, 0) is 0 Å². The van der Waals surface area contributed by atoms with Gasteiger partial charge in [0.05, 0.1) is 0 Å². The van der Waals surface area contributed by atoms with Gasteiger partial charge in [-0.05, 0) is 21.1 Å². The SMILES string of the molecule is CN1CCN(C)CCN(CCN)CCN(C)CC1. The number of rotatable bonds is 2. The predicted molar refractivity (Wildman–Crippen MR) is 78.0 cm³/mol. The largest absolute Gasteiger partial charge is 0.329 e.